The zero-order valence-corrected chi connectivity index (χ0v) is 7.73. The molecule has 1 radical (unpaired) electrons. The molecule has 0 aromatic rings. The summed E-state index contributed by atoms with van der Waals surface area (Å²) in [6, 6.07) is 0. The zero-order chi connectivity index (χ0) is 4.00. The van der Waals surface area contributed by atoms with E-state index in [4.69, 9.17) is 0 Å². The first-order valence-corrected chi connectivity index (χ1v) is 6.17. The van der Waals surface area contributed by atoms with Crippen LogP contribution in [0.5, 0.6) is 0 Å². The molecule has 24 valence electrons. The van der Waals surface area contributed by atoms with E-state index in [9.17, 15) is 0 Å². The third-order valence-electron chi connectivity index (χ3n) is 0. The minimum absolute atomic E-state index is 1.06. The van der Waals surface area contributed by atoms with Crippen LogP contribution in [0.4, 0.5) is 0 Å². The van der Waals surface area contributed by atoms with Crippen LogP contribution in [0.25, 0.3) is 0 Å². The molecule has 0 aliphatic heterocycles. The average Bonchev–Trinajstić information content (AvgIpc) is 1.50. The van der Waals surface area contributed by atoms with Crippen molar-refractivity contribution >= 4 is 23.4 Å². The predicted octanol–water partition coefficient (Wildman–Crippen LogP) is -0.0135. The molecule has 3 heteroatoms. The zero-order valence-electron chi connectivity index (χ0n) is 2.59. The van der Waals surface area contributed by atoms with Gasteiger partial charge in [-0.3, -0.25) is 0 Å². The van der Waals surface area contributed by atoms with E-state index in [-0.39, 0.29) is 0 Å². The summed E-state index contributed by atoms with van der Waals surface area (Å²) in [7, 11) is 1.06. The van der Waals surface area contributed by atoms with Crippen molar-refractivity contribution in [2.75, 3.05) is 0 Å². The van der Waals surface area contributed by atoms with Gasteiger partial charge in [0, 0.05) is 10.2 Å². The summed E-state index contributed by atoms with van der Waals surface area (Å²) in [5.41, 5.74) is 0. The number of hydrogen-bond donors (Lipinski definition) is 0. The molecule has 0 fully saturated rings. The van der Waals surface area contributed by atoms with Crippen molar-refractivity contribution in [1.82, 2.24) is 0 Å². The summed E-state index contributed by atoms with van der Waals surface area (Å²) < 4.78 is 0. The van der Waals surface area contributed by atoms with E-state index in [1.165, 1.54) is 0 Å². The molecular weight excluding hydrogens is 168 g/mol. The second kappa shape index (κ2) is 25.8. The summed E-state index contributed by atoms with van der Waals surface area (Å²) in [5.74, 6) is 0. The van der Waals surface area contributed by atoms with Crippen LogP contribution in [-0.2, 0) is 18.3 Å². The van der Waals surface area contributed by atoms with Crippen LogP contribution < -0.4 is 0 Å². The molecule has 0 atom stereocenters. The van der Waals surface area contributed by atoms with Crippen molar-refractivity contribution in [2.24, 2.45) is 0 Å². The normalized spacial score (nSPS) is 3.25. The molecule has 0 saturated carbocycles. The first-order chi connectivity index (χ1) is 2.00. The van der Waals surface area contributed by atoms with Crippen LogP contribution in [0.3, 0.4) is 0 Å². The van der Waals surface area contributed by atoms with Gasteiger partial charge in [0.25, 0.3) is 0 Å². The van der Waals surface area contributed by atoms with Gasteiger partial charge in [-0.1, -0.05) is 6.55 Å². The fourth-order valence-electron chi connectivity index (χ4n) is 0. The summed E-state index contributed by atoms with van der Waals surface area (Å²) in [4.78, 5) is 0. The van der Waals surface area contributed by atoms with Gasteiger partial charge in [0.1, 0.15) is 0 Å². The van der Waals surface area contributed by atoms with Gasteiger partial charge < -0.3 is 0 Å². The van der Waals surface area contributed by atoms with Gasteiger partial charge in [0.05, 0.1) is 0 Å². The summed E-state index contributed by atoms with van der Waals surface area (Å²) in [6.45, 7) is 3.39. The van der Waals surface area contributed by atoms with Crippen molar-refractivity contribution < 1.29 is 18.3 Å². The Labute approximate surface area is 48.2 Å². The fraction of sp³-hybridized carbons (Fsp3) is 0. The Morgan fingerprint density at radius 2 is 1.50 bits per heavy atom. The molecule has 0 nitrogen and oxygen atoms in total. The molecule has 0 amide bonds. The molecule has 0 spiro atoms. The van der Waals surface area contributed by atoms with Crippen LogP contribution in [0.15, 0.2) is 0 Å². The third kappa shape index (κ3) is 9.96. The van der Waals surface area contributed by atoms with Crippen LogP contribution in [0.1, 0.15) is 0 Å². The predicted molar refractivity (Wildman–Crippen MR) is 24.2 cm³/mol. The van der Waals surface area contributed by atoms with E-state index in [1.807, 2.05) is 18.3 Å². The fourth-order valence-corrected chi connectivity index (χ4v) is 0. The van der Waals surface area contributed by atoms with E-state index < -0.39 is 0 Å². The molecule has 0 saturated heterocycles. The SMILES string of the molecule is [CH2][SiH3].[Ti][Br]. The van der Waals surface area contributed by atoms with Crippen molar-refractivity contribution in [2.45, 2.75) is 0 Å². The number of hydrogen-bond acceptors (Lipinski definition) is 0. The Hall–Kier alpha value is 1.41. The van der Waals surface area contributed by atoms with Crippen molar-refractivity contribution in [3.05, 3.63) is 6.55 Å². The van der Waals surface area contributed by atoms with Gasteiger partial charge in [-0.15, -0.1) is 0 Å². The van der Waals surface area contributed by atoms with E-state index in [2.05, 4.69) is 19.7 Å². The van der Waals surface area contributed by atoms with Crippen LogP contribution in [0.2, 0.25) is 0 Å². The summed E-state index contributed by atoms with van der Waals surface area (Å²) in [5, 5.41) is 0. The van der Waals surface area contributed by atoms with Gasteiger partial charge in [0.2, 0.25) is 0 Å². The van der Waals surface area contributed by atoms with Crippen molar-refractivity contribution in [3.8, 4) is 0 Å². The first kappa shape index (κ1) is 9.05. The van der Waals surface area contributed by atoms with Gasteiger partial charge in [-0.2, -0.15) is 0 Å². The maximum absolute atomic E-state index is 3.39. The standard InChI is InChI=1S/CH5Si.BrH.Ti/c1-2;;/h1H2,2H3;1H;/q;;+1/p-1. The molecule has 0 heterocycles. The van der Waals surface area contributed by atoms with Crippen LogP contribution >= 0.6 is 13.2 Å². The average molecular weight is 173 g/mol. The Kier molecular flexibility index (Phi) is 58.3. The van der Waals surface area contributed by atoms with Gasteiger partial charge in [-0.05, 0) is 0 Å². The maximum atomic E-state index is 3.39. The molecule has 0 aromatic carbocycles. The van der Waals surface area contributed by atoms with Gasteiger partial charge in [-0.25, -0.2) is 0 Å². The van der Waals surface area contributed by atoms with E-state index >= 15 is 0 Å². The Morgan fingerprint density at radius 1 is 1.50 bits per heavy atom. The second-order valence-corrected chi connectivity index (χ2v) is 0. The Balaban J connectivity index is 0. The minimum atomic E-state index is 1.06. The number of rotatable bonds is 0. The molecule has 0 aromatic heterocycles. The monoisotopic (exact) mass is 172 g/mol. The molecule has 0 aliphatic rings. The summed E-state index contributed by atoms with van der Waals surface area (Å²) in [6.07, 6.45) is 0. The Bertz CT molecular complexity index is 8.00. The molecule has 0 aliphatic carbocycles. The molecule has 0 rings (SSSR count). The summed E-state index contributed by atoms with van der Waals surface area (Å²) >= 11 is 4.75. The van der Waals surface area contributed by atoms with E-state index in [1.54, 1.807) is 0 Å². The van der Waals surface area contributed by atoms with Crippen molar-refractivity contribution in [3.63, 3.8) is 0 Å². The van der Waals surface area contributed by atoms with Gasteiger partial charge in [0.15, 0.2) is 0 Å². The molecule has 0 N–H and O–H groups in total. The van der Waals surface area contributed by atoms with Crippen molar-refractivity contribution in [1.29, 1.82) is 0 Å². The molecule has 4 heavy (non-hydrogen) atoms. The number of halogens is 1. The Morgan fingerprint density at radius 3 is 1.50 bits per heavy atom. The van der Waals surface area contributed by atoms with E-state index in [0.717, 1.165) is 10.2 Å². The van der Waals surface area contributed by atoms with Crippen LogP contribution in [-0.4, -0.2) is 10.2 Å². The van der Waals surface area contributed by atoms with Crippen LogP contribution in [0, 0.1) is 6.55 Å². The third-order valence-corrected chi connectivity index (χ3v) is 0. The topological polar surface area (TPSA) is 0 Å². The molecule has 0 unspecified atom stereocenters. The molecule has 0 bridgehead atoms. The molecular formula is CH5BrSiTi. The quantitative estimate of drug-likeness (QED) is 0.451. The first-order valence-electron chi connectivity index (χ1n) is 0.896. The van der Waals surface area contributed by atoms with Gasteiger partial charge >= 0.3 is 31.5 Å². The van der Waals surface area contributed by atoms with E-state index in [0.29, 0.717) is 0 Å². The second-order valence-electron chi connectivity index (χ2n) is 0.